The number of aromatic nitrogens is 3. The largest absolute Gasteiger partial charge is 0.243 e. The molecule has 0 amide bonds. The molecule has 4 heteroatoms. The number of fused-ring (bicyclic) bond motifs is 12. The topological polar surface area (TPSA) is 38.7 Å². The van der Waals surface area contributed by atoms with Crippen molar-refractivity contribution in [1.82, 2.24) is 15.0 Å². The second-order valence-corrected chi connectivity index (χ2v) is 13.5. The van der Waals surface area contributed by atoms with Crippen LogP contribution in [0.25, 0.3) is 56.4 Å². The Balaban J connectivity index is 1.15. The number of nitrogens with zero attached hydrogens (tertiary/aromatic N) is 3. The predicted octanol–water partition coefficient (Wildman–Crippen LogP) is 8.05. The maximum atomic E-state index is 5.09. The van der Waals surface area contributed by atoms with Gasteiger partial charge in [-0.25, -0.2) is 15.0 Å². The van der Waals surface area contributed by atoms with Crippen molar-refractivity contribution in [3.63, 3.8) is 0 Å². The molecular formula is C46H28BN3. The Hall–Kier alpha value is -6.39. The van der Waals surface area contributed by atoms with E-state index in [0.717, 1.165) is 16.7 Å². The van der Waals surface area contributed by atoms with Gasteiger partial charge in [-0.1, -0.05) is 186 Å². The second kappa shape index (κ2) is 10.3. The van der Waals surface area contributed by atoms with E-state index in [4.69, 9.17) is 15.0 Å². The van der Waals surface area contributed by atoms with Gasteiger partial charge in [0.2, 0.25) is 6.71 Å². The van der Waals surface area contributed by atoms with E-state index in [1.807, 2.05) is 36.4 Å². The monoisotopic (exact) mass is 633 g/mol. The molecule has 2 aliphatic heterocycles. The molecule has 3 heterocycles. The van der Waals surface area contributed by atoms with Gasteiger partial charge < -0.3 is 0 Å². The number of rotatable bonds is 3. The van der Waals surface area contributed by atoms with Crippen molar-refractivity contribution >= 4 is 23.1 Å². The minimum absolute atomic E-state index is 0.0990. The molecule has 0 unspecified atom stereocenters. The molecule has 0 radical (unpaired) electrons. The fraction of sp³-hybridized carbons (Fsp3) is 0.0217. The normalized spacial score (nSPS) is 13.7. The van der Waals surface area contributed by atoms with Crippen molar-refractivity contribution < 1.29 is 0 Å². The Morgan fingerprint density at radius 2 is 0.840 bits per heavy atom. The third kappa shape index (κ3) is 3.62. The lowest BCUT2D eigenvalue weighted by Gasteiger charge is -2.42. The van der Waals surface area contributed by atoms with E-state index in [1.165, 1.54) is 60.9 Å². The van der Waals surface area contributed by atoms with Gasteiger partial charge in [-0.15, -0.1) is 0 Å². The molecule has 0 atom stereocenters. The maximum Gasteiger partial charge on any atom is 0.243 e. The van der Waals surface area contributed by atoms with Crippen LogP contribution in [0.5, 0.6) is 0 Å². The lowest BCUT2D eigenvalue weighted by molar-refractivity contribution is 0.775. The third-order valence-corrected chi connectivity index (χ3v) is 11.0. The van der Waals surface area contributed by atoms with Gasteiger partial charge in [0, 0.05) is 16.7 Å². The summed E-state index contributed by atoms with van der Waals surface area (Å²) in [7, 11) is 0. The second-order valence-electron chi connectivity index (χ2n) is 13.5. The van der Waals surface area contributed by atoms with Crippen LogP contribution in [0.1, 0.15) is 22.3 Å². The quantitative estimate of drug-likeness (QED) is 0.185. The standard InChI is InChI=1S/C46H28BN3/c1-3-14-29(15-4-1)43-48-44(30-16-5-2-6-17-30)50-45(49-43)31-26-27-34-35-20-13-24-39-42(35)47(41(34)28-31)40-25-12-11-23-38(40)46(39)36-21-9-7-18-32(36)33-19-8-10-22-37(33)46/h1-28H. The molecule has 50 heavy (non-hydrogen) atoms. The lowest BCUT2D eigenvalue weighted by atomic mass is 9.32. The molecule has 0 saturated carbocycles. The molecule has 3 nitrogen and oxygen atoms in total. The van der Waals surface area contributed by atoms with Gasteiger partial charge in [-0.05, 0) is 44.5 Å². The molecule has 8 aromatic rings. The summed E-state index contributed by atoms with van der Waals surface area (Å²) in [6, 6.07) is 61.4. The summed E-state index contributed by atoms with van der Waals surface area (Å²) in [6.45, 7) is 0.0990. The molecule has 1 aromatic heterocycles. The zero-order valence-corrected chi connectivity index (χ0v) is 27.1. The first-order chi connectivity index (χ1) is 24.8. The Kier molecular flexibility index (Phi) is 5.68. The van der Waals surface area contributed by atoms with E-state index >= 15 is 0 Å². The Morgan fingerprint density at radius 1 is 0.340 bits per heavy atom. The van der Waals surface area contributed by atoms with Gasteiger partial charge in [0.05, 0.1) is 5.41 Å². The summed E-state index contributed by atoms with van der Waals surface area (Å²) >= 11 is 0. The van der Waals surface area contributed by atoms with Crippen LogP contribution in [-0.2, 0) is 5.41 Å². The highest BCUT2D eigenvalue weighted by Gasteiger charge is 2.54. The molecule has 0 bridgehead atoms. The average Bonchev–Trinajstić information content (AvgIpc) is 3.69. The molecule has 11 rings (SSSR count). The van der Waals surface area contributed by atoms with Crippen molar-refractivity contribution in [3.05, 3.63) is 192 Å². The summed E-state index contributed by atoms with van der Waals surface area (Å²) in [4.78, 5) is 15.1. The highest BCUT2D eigenvalue weighted by atomic mass is 15.0. The fourth-order valence-corrected chi connectivity index (χ4v) is 9.09. The van der Waals surface area contributed by atoms with Crippen LogP contribution < -0.4 is 16.4 Å². The van der Waals surface area contributed by atoms with Crippen LogP contribution >= 0.6 is 0 Å². The zero-order chi connectivity index (χ0) is 32.8. The van der Waals surface area contributed by atoms with Crippen LogP contribution in [0.15, 0.2) is 170 Å². The van der Waals surface area contributed by atoms with E-state index in [1.54, 1.807) is 0 Å². The van der Waals surface area contributed by atoms with Crippen LogP contribution in [-0.4, -0.2) is 21.7 Å². The molecule has 7 aromatic carbocycles. The van der Waals surface area contributed by atoms with Crippen LogP contribution in [0.3, 0.4) is 0 Å². The lowest BCUT2D eigenvalue weighted by Crippen LogP contribution is -2.59. The van der Waals surface area contributed by atoms with Crippen LogP contribution in [0.4, 0.5) is 0 Å². The summed E-state index contributed by atoms with van der Waals surface area (Å²) < 4.78 is 0. The zero-order valence-electron chi connectivity index (χ0n) is 27.1. The van der Waals surface area contributed by atoms with Gasteiger partial charge in [-0.2, -0.15) is 0 Å². The first kappa shape index (κ1) is 27.6. The van der Waals surface area contributed by atoms with Gasteiger partial charge in [-0.3, -0.25) is 0 Å². The smallest absolute Gasteiger partial charge is 0.208 e. The first-order valence-corrected chi connectivity index (χ1v) is 17.2. The van der Waals surface area contributed by atoms with Crippen molar-refractivity contribution in [2.75, 3.05) is 0 Å². The molecule has 0 fully saturated rings. The Bertz CT molecular complexity index is 2560. The van der Waals surface area contributed by atoms with Crippen molar-refractivity contribution in [2.24, 2.45) is 0 Å². The summed E-state index contributed by atoms with van der Waals surface area (Å²) in [6.07, 6.45) is 0. The summed E-state index contributed by atoms with van der Waals surface area (Å²) in [5.74, 6) is 2.02. The molecule has 230 valence electrons. The van der Waals surface area contributed by atoms with Gasteiger partial charge >= 0.3 is 0 Å². The van der Waals surface area contributed by atoms with E-state index in [9.17, 15) is 0 Å². The third-order valence-electron chi connectivity index (χ3n) is 11.0. The summed E-state index contributed by atoms with van der Waals surface area (Å²) in [5.41, 5.74) is 17.3. The maximum absolute atomic E-state index is 5.09. The molecule has 1 spiro atoms. The van der Waals surface area contributed by atoms with E-state index in [2.05, 4.69) is 133 Å². The van der Waals surface area contributed by atoms with E-state index in [-0.39, 0.29) is 12.1 Å². The Labute approximate surface area is 291 Å². The van der Waals surface area contributed by atoms with E-state index < -0.39 is 0 Å². The number of hydrogen-bond acceptors (Lipinski definition) is 3. The molecular weight excluding hydrogens is 605 g/mol. The number of hydrogen-bond donors (Lipinski definition) is 0. The summed E-state index contributed by atoms with van der Waals surface area (Å²) in [5, 5.41) is 0. The highest BCUT2D eigenvalue weighted by molar-refractivity contribution is 7.00. The highest BCUT2D eigenvalue weighted by Crippen LogP contribution is 2.57. The number of benzene rings is 7. The van der Waals surface area contributed by atoms with Gasteiger partial charge in [0.15, 0.2) is 17.5 Å². The Morgan fingerprint density at radius 3 is 1.48 bits per heavy atom. The molecule has 0 N–H and O–H groups in total. The van der Waals surface area contributed by atoms with Crippen LogP contribution in [0.2, 0.25) is 0 Å². The minimum atomic E-state index is -0.389. The first-order valence-electron chi connectivity index (χ1n) is 17.2. The molecule has 1 aliphatic carbocycles. The minimum Gasteiger partial charge on any atom is -0.208 e. The van der Waals surface area contributed by atoms with Gasteiger partial charge in [0.25, 0.3) is 0 Å². The van der Waals surface area contributed by atoms with E-state index in [0.29, 0.717) is 17.5 Å². The van der Waals surface area contributed by atoms with Crippen LogP contribution in [0, 0.1) is 0 Å². The van der Waals surface area contributed by atoms with Crippen molar-refractivity contribution in [3.8, 4) is 56.4 Å². The SMILES string of the molecule is c1ccc(-c2nc(-c3ccccc3)nc(-c3ccc4c(c3)B3c5ccccc5C5(c6ccccc6-c6ccccc65)c5cccc-4c53)n2)cc1. The molecule has 3 aliphatic rings. The molecule has 0 saturated heterocycles. The van der Waals surface area contributed by atoms with Crippen molar-refractivity contribution in [2.45, 2.75) is 5.41 Å². The fourth-order valence-electron chi connectivity index (χ4n) is 9.09. The van der Waals surface area contributed by atoms with Gasteiger partial charge in [0.1, 0.15) is 0 Å². The predicted molar refractivity (Wildman–Crippen MR) is 204 cm³/mol. The average molecular weight is 634 g/mol. The van der Waals surface area contributed by atoms with Crippen molar-refractivity contribution in [1.29, 1.82) is 0 Å².